The monoisotopic (exact) mass is 238 g/mol. The van der Waals surface area contributed by atoms with Crippen molar-refractivity contribution in [2.75, 3.05) is 14.2 Å². The summed E-state index contributed by atoms with van der Waals surface area (Å²) in [7, 11) is 2.94. The SMILES string of the molecule is COC(=O)CCC(O)c1ccc(OC)cc1C. The van der Waals surface area contributed by atoms with Gasteiger partial charge in [0.05, 0.1) is 20.3 Å². The average molecular weight is 238 g/mol. The number of aryl methyl sites for hydroxylation is 1. The number of hydrogen-bond acceptors (Lipinski definition) is 4. The van der Waals surface area contributed by atoms with Gasteiger partial charge in [-0.2, -0.15) is 0 Å². The molecule has 0 amide bonds. The van der Waals surface area contributed by atoms with Gasteiger partial charge < -0.3 is 14.6 Å². The van der Waals surface area contributed by atoms with Crippen LogP contribution in [-0.4, -0.2) is 25.3 Å². The summed E-state index contributed by atoms with van der Waals surface area (Å²) in [6.45, 7) is 1.90. The van der Waals surface area contributed by atoms with Crippen molar-refractivity contribution in [2.45, 2.75) is 25.9 Å². The molecule has 0 spiro atoms. The molecule has 0 bridgehead atoms. The first-order chi connectivity index (χ1) is 8.08. The van der Waals surface area contributed by atoms with Crippen LogP contribution in [0.5, 0.6) is 5.75 Å². The Morgan fingerprint density at radius 1 is 1.41 bits per heavy atom. The minimum atomic E-state index is -0.653. The summed E-state index contributed by atoms with van der Waals surface area (Å²) in [5.74, 6) is 0.446. The van der Waals surface area contributed by atoms with Crippen molar-refractivity contribution in [1.29, 1.82) is 0 Å². The number of carbonyl (C=O) groups excluding carboxylic acids is 1. The zero-order valence-electron chi connectivity index (χ0n) is 10.4. The predicted octanol–water partition coefficient (Wildman–Crippen LogP) is 1.99. The molecule has 17 heavy (non-hydrogen) atoms. The van der Waals surface area contributed by atoms with E-state index in [1.54, 1.807) is 13.2 Å². The highest BCUT2D eigenvalue weighted by Crippen LogP contribution is 2.25. The molecule has 0 radical (unpaired) electrons. The Hall–Kier alpha value is -1.55. The number of aliphatic hydroxyl groups excluding tert-OH is 1. The lowest BCUT2D eigenvalue weighted by molar-refractivity contribution is -0.141. The van der Waals surface area contributed by atoms with Gasteiger partial charge >= 0.3 is 5.97 Å². The Bertz CT molecular complexity index is 387. The van der Waals surface area contributed by atoms with Crippen molar-refractivity contribution in [3.05, 3.63) is 29.3 Å². The molecular formula is C13H18O4. The maximum absolute atomic E-state index is 11.0. The molecule has 0 aliphatic rings. The lowest BCUT2D eigenvalue weighted by Crippen LogP contribution is -2.06. The Balaban J connectivity index is 2.68. The van der Waals surface area contributed by atoms with Gasteiger partial charge in [0.15, 0.2) is 0 Å². The molecule has 4 heteroatoms. The van der Waals surface area contributed by atoms with E-state index >= 15 is 0 Å². The van der Waals surface area contributed by atoms with Gasteiger partial charge in [-0.1, -0.05) is 6.07 Å². The number of benzene rings is 1. The summed E-state index contributed by atoms with van der Waals surface area (Å²) in [5, 5.41) is 9.96. The lowest BCUT2D eigenvalue weighted by atomic mass is 10.00. The van der Waals surface area contributed by atoms with Gasteiger partial charge in [-0.15, -0.1) is 0 Å². The second kappa shape index (κ2) is 6.25. The van der Waals surface area contributed by atoms with Crippen molar-refractivity contribution >= 4 is 5.97 Å². The smallest absolute Gasteiger partial charge is 0.305 e. The van der Waals surface area contributed by atoms with Gasteiger partial charge in [-0.05, 0) is 36.6 Å². The molecule has 0 saturated heterocycles. The Labute approximate surface area is 101 Å². The minimum Gasteiger partial charge on any atom is -0.497 e. The summed E-state index contributed by atoms with van der Waals surface area (Å²) in [5.41, 5.74) is 1.76. The van der Waals surface area contributed by atoms with Gasteiger partial charge in [0, 0.05) is 6.42 Å². The molecule has 0 aliphatic carbocycles. The van der Waals surface area contributed by atoms with E-state index in [1.165, 1.54) is 7.11 Å². The lowest BCUT2D eigenvalue weighted by Gasteiger charge is -2.14. The van der Waals surface area contributed by atoms with Crippen LogP contribution < -0.4 is 4.74 Å². The van der Waals surface area contributed by atoms with Gasteiger partial charge in [0.1, 0.15) is 5.75 Å². The third kappa shape index (κ3) is 3.75. The fourth-order valence-electron chi connectivity index (χ4n) is 1.66. The van der Waals surface area contributed by atoms with Gasteiger partial charge in [-0.25, -0.2) is 0 Å². The van der Waals surface area contributed by atoms with E-state index in [1.807, 2.05) is 19.1 Å². The zero-order valence-corrected chi connectivity index (χ0v) is 10.4. The van der Waals surface area contributed by atoms with Crippen LogP contribution in [0.15, 0.2) is 18.2 Å². The first-order valence-corrected chi connectivity index (χ1v) is 5.48. The van der Waals surface area contributed by atoms with Gasteiger partial charge in [0.2, 0.25) is 0 Å². The number of carbonyl (C=O) groups is 1. The van der Waals surface area contributed by atoms with Crippen LogP contribution in [0.3, 0.4) is 0 Å². The molecule has 1 N–H and O–H groups in total. The number of ether oxygens (including phenoxy) is 2. The molecule has 1 rings (SSSR count). The fraction of sp³-hybridized carbons (Fsp3) is 0.462. The highest BCUT2D eigenvalue weighted by atomic mass is 16.5. The average Bonchev–Trinajstić information content (AvgIpc) is 2.35. The molecule has 0 aromatic heterocycles. The van der Waals surface area contributed by atoms with E-state index in [9.17, 15) is 9.90 Å². The zero-order chi connectivity index (χ0) is 12.8. The van der Waals surface area contributed by atoms with Crippen LogP contribution in [0, 0.1) is 6.92 Å². The summed E-state index contributed by atoms with van der Waals surface area (Å²) in [4.78, 5) is 11.0. The van der Waals surface area contributed by atoms with Crippen LogP contribution in [-0.2, 0) is 9.53 Å². The molecule has 0 fully saturated rings. The standard InChI is InChI=1S/C13H18O4/c1-9-8-10(16-2)4-5-11(9)12(14)6-7-13(15)17-3/h4-5,8,12,14H,6-7H2,1-3H3. The molecule has 1 aromatic carbocycles. The Kier molecular flexibility index (Phi) is 4.97. The number of rotatable bonds is 5. The van der Waals surface area contributed by atoms with E-state index in [0.29, 0.717) is 6.42 Å². The number of methoxy groups -OCH3 is 2. The van der Waals surface area contributed by atoms with Crippen molar-refractivity contribution < 1.29 is 19.4 Å². The topological polar surface area (TPSA) is 55.8 Å². The Morgan fingerprint density at radius 2 is 2.12 bits per heavy atom. The maximum atomic E-state index is 11.0. The minimum absolute atomic E-state index is 0.211. The maximum Gasteiger partial charge on any atom is 0.305 e. The predicted molar refractivity (Wildman–Crippen MR) is 63.9 cm³/mol. The molecule has 1 unspecified atom stereocenters. The van der Waals surface area contributed by atoms with Gasteiger partial charge in [-0.3, -0.25) is 4.79 Å². The van der Waals surface area contributed by atoms with Crippen molar-refractivity contribution in [3.63, 3.8) is 0 Å². The summed E-state index contributed by atoms with van der Waals surface area (Å²) >= 11 is 0. The number of aliphatic hydroxyl groups is 1. The van der Waals surface area contributed by atoms with E-state index in [4.69, 9.17) is 4.74 Å². The van der Waals surface area contributed by atoms with Crippen LogP contribution >= 0.6 is 0 Å². The summed E-state index contributed by atoms with van der Waals surface area (Å²) in [6.07, 6.45) is -0.0804. The van der Waals surface area contributed by atoms with Crippen LogP contribution in [0.25, 0.3) is 0 Å². The normalized spacial score (nSPS) is 12.0. The third-order valence-electron chi connectivity index (χ3n) is 2.69. The highest BCUT2D eigenvalue weighted by molar-refractivity contribution is 5.69. The summed E-state index contributed by atoms with van der Waals surface area (Å²) < 4.78 is 9.62. The van der Waals surface area contributed by atoms with E-state index in [0.717, 1.165) is 16.9 Å². The highest BCUT2D eigenvalue weighted by Gasteiger charge is 2.13. The largest absolute Gasteiger partial charge is 0.497 e. The molecule has 0 saturated carbocycles. The first-order valence-electron chi connectivity index (χ1n) is 5.48. The van der Waals surface area contributed by atoms with Crippen LogP contribution in [0.1, 0.15) is 30.1 Å². The Morgan fingerprint density at radius 3 is 2.65 bits per heavy atom. The molecule has 0 heterocycles. The van der Waals surface area contributed by atoms with Crippen LogP contribution in [0.4, 0.5) is 0 Å². The molecular weight excluding hydrogens is 220 g/mol. The summed E-state index contributed by atoms with van der Waals surface area (Å²) in [6, 6.07) is 5.47. The molecule has 4 nitrogen and oxygen atoms in total. The quantitative estimate of drug-likeness (QED) is 0.797. The van der Waals surface area contributed by atoms with E-state index in [2.05, 4.69) is 4.74 Å². The van der Waals surface area contributed by atoms with Crippen LogP contribution in [0.2, 0.25) is 0 Å². The van der Waals surface area contributed by atoms with E-state index in [-0.39, 0.29) is 12.4 Å². The first kappa shape index (κ1) is 13.5. The van der Waals surface area contributed by atoms with Crippen molar-refractivity contribution in [2.24, 2.45) is 0 Å². The number of esters is 1. The second-order valence-electron chi connectivity index (χ2n) is 3.85. The van der Waals surface area contributed by atoms with Gasteiger partial charge in [0.25, 0.3) is 0 Å². The second-order valence-corrected chi connectivity index (χ2v) is 3.85. The van der Waals surface area contributed by atoms with Crippen molar-refractivity contribution in [3.8, 4) is 5.75 Å². The molecule has 0 aliphatic heterocycles. The third-order valence-corrected chi connectivity index (χ3v) is 2.69. The van der Waals surface area contributed by atoms with Crippen molar-refractivity contribution in [1.82, 2.24) is 0 Å². The molecule has 1 aromatic rings. The fourth-order valence-corrected chi connectivity index (χ4v) is 1.66. The number of hydrogen-bond donors (Lipinski definition) is 1. The molecule has 94 valence electrons. The van der Waals surface area contributed by atoms with E-state index < -0.39 is 6.10 Å². The molecule has 1 atom stereocenters.